The van der Waals surface area contributed by atoms with Gasteiger partial charge in [0, 0.05) is 6.54 Å². The number of amides is 1. The standard InChI is InChI=1S/C15H22N4O2S/c1-5-21-14-11-10(2)12(22-15(11)18-9-17-14)13(20)16-7-6-8-19(3)4/h9H,5-8H2,1-4H3,(H,16,20). The van der Waals surface area contributed by atoms with E-state index in [9.17, 15) is 4.79 Å². The Morgan fingerprint density at radius 2 is 2.18 bits per heavy atom. The van der Waals surface area contributed by atoms with Crippen molar-refractivity contribution >= 4 is 27.5 Å². The number of fused-ring (bicyclic) bond motifs is 1. The van der Waals surface area contributed by atoms with Crippen LogP contribution in [0, 0.1) is 6.92 Å². The first-order valence-electron chi connectivity index (χ1n) is 7.34. The summed E-state index contributed by atoms with van der Waals surface area (Å²) in [5, 5.41) is 3.80. The molecule has 6 nitrogen and oxygen atoms in total. The molecule has 2 heterocycles. The lowest BCUT2D eigenvalue weighted by Gasteiger charge is -2.09. The lowest BCUT2D eigenvalue weighted by atomic mass is 10.2. The number of aryl methyl sites for hydroxylation is 1. The van der Waals surface area contributed by atoms with Crippen molar-refractivity contribution in [1.82, 2.24) is 20.2 Å². The van der Waals surface area contributed by atoms with E-state index >= 15 is 0 Å². The van der Waals surface area contributed by atoms with Gasteiger partial charge in [0.2, 0.25) is 5.88 Å². The van der Waals surface area contributed by atoms with Gasteiger partial charge in [-0.15, -0.1) is 11.3 Å². The lowest BCUT2D eigenvalue weighted by molar-refractivity contribution is 0.0956. The molecule has 1 N–H and O–H groups in total. The van der Waals surface area contributed by atoms with Crippen LogP contribution in [0.3, 0.4) is 0 Å². The van der Waals surface area contributed by atoms with E-state index in [1.165, 1.54) is 17.7 Å². The molecule has 0 aliphatic heterocycles. The quantitative estimate of drug-likeness (QED) is 0.791. The summed E-state index contributed by atoms with van der Waals surface area (Å²) < 4.78 is 5.54. The lowest BCUT2D eigenvalue weighted by Crippen LogP contribution is -2.26. The zero-order valence-electron chi connectivity index (χ0n) is 13.5. The van der Waals surface area contributed by atoms with Gasteiger partial charge in [-0.1, -0.05) is 0 Å². The number of nitrogens with one attached hydrogen (secondary N) is 1. The summed E-state index contributed by atoms with van der Waals surface area (Å²) in [6, 6.07) is 0. The van der Waals surface area contributed by atoms with E-state index in [2.05, 4.69) is 20.2 Å². The minimum Gasteiger partial charge on any atom is -0.477 e. The Hall–Kier alpha value is -1.73. The van der Waals surface area contributed by atoms with Crippen molar-refractivity contribution in [2.45, 2.75) is 20.3 Å². The average Bonchev–Trinajstić information content (AvgIpc) is 2.82. The number of aromatic nitrogens is 2. The largest absolute Gasteiger partial charge is 0.477 e. The van der Waals surface area contributed by atoms with Crippen molar-refractivity contribution in [3.05, 3.63) is 16.8 Å². The molecule has 0 unspecified atom stereocenters. The van der Waals surface area contributed by atoms with Crippen molar-refractivity contribution in [2.75, 3.05) is 33.8 Å². The molecule has 0 radical (unpaired) electrons. The highest BCUT2D eigenvalue weighted by Crippen LogP contribution is 2.34. The zero-order chi connectivity index (χ0) is 16.1. The first kappa shape index (κ1) is 16.6. The maximum atomic E-state index is 12.3. The van der Waals surface area contributed by atoms with Crippen LogP contribution in [-0.2, 0) is 0 Å². The number of rotatable bonds is 7. The van der Waals surface area contributed by atoms with Gasteiger partial charge < -0.3 is 15.0 Å². The second-order valence-corrected chi connectivity index (χ2v) is 6.26. The maximum absolute atomic E-state index is 12.3. The Labute approximate surface area is 134 Å². The fourth-order valence-corrected chi connectivity index (χ4v) is 3.24. The summed E-state index contributed by atoms with van der Waals surface area (Å²) in [5.74, 6) is 0.495. The van der Waals surface area contributed by atoms with Crippen LogP contribution in [0.15, 0.2) is 6.33 Å². The van der Waals surface area contributed by atoms with Crippen molar-refractivity contribution < 1.29 is 9.53 Å². The number of hydrogen-bond donors (Lipinski definition) is 1. The molecule has 0 spiro atoms. The Balaban J connectivity index is 2.16. The van der Waals surface area contributed by atoms with Gasteiger partial charge in [0.25, 0.3) is 5.91 Å². The van der Waals surface area contributed by atoms with Gasteiger partial charge in [-0.3, -0.25) is 4.79 Å². The zero-order valence-corrected chi connectivity index (χ0v) is 14.3. The minimum absolute atomic E-state index is 0.0540. The van der Waals surface area contributed by atoms with Gasteiger partial charge >= 0.3 is 0 Å². The highest BCUT2D eigenvalue weighted by molar-refractivity contribution is 7.20. The van der Waals surface area contributed by atoms with Crippen LogP contribution in [0.5, 0.6) is 5.88 Å². The molecule has 0 saturated carbocycles. The molecule has 0 bridgehead atoms. The number of hydrogen-bond acceptors (Lipinski definition) is 6. The highest BCUT2D eigenvalue weighted by Gasteiger charge is 2.19. The molecule has 1 amide bonds. The molecule has 0 aliphatic carbocycles. The molecule has 120 valence electrons. The SMILES string of the molecule is CCOc1ncnc2sc(C(=O)NCCCN(C)C)c(C)c12. The first-order valence-corrected chi connectivity index (χ1v) is 8.16. The molecule has 0 fully saturated rings. The van der Waals surface area contributed by atoms with E-state index in [0.717, 1.165) is 28.7 Å². The molecule has 2 aromatic heterocycles. The van der Waals surface area contributed by atoms with Crippen LogP contribution in [0.25, 0.3) is 10.2 Å². The molecule has 0 atom stereocenters. The molecule has 0 aromatic carbocycles. The number of ether oxygens (including phenoxy) is 1. The summed E-state index contributed by atoms with van der Waals surface area (Å²) in [5.41, 5.74) is 0.883. The van der Waals surface area contributed by atoms with Gasteiger partial charge in [-0.25, -0.2) is 9.97 Å². The second kappa shape index (κ2) is 7.51. The fourth-order valence-electron chi connectivity index (χ4n) is 2.18. The maximum Gasteiger partial charge on any atom is 0.261 e. The molecule has 2 aromatic rings. The monoisotopic (exact) mass is 322 g/mol. The normalized spacial score (nSPS) is 11.1. The number of carbonyl (C=O) groups is 1. The van der Waals surface area contributed by atoms with Gasteiger partial charge in [-0.05, 0) is 46.5 Å². The Morgan fingerprint density at radius 1 is 1.41 bits per heavy atom. The van der Waals surface area contributed by atoms with Crippen LogP contribution in [0.4, 0.5) is 0 Å². The molecule has 7 heteroatoms. The topological polar surface area (TPSA) is 67.3 Å². The third-order valence-electron chi connectivity index (χ3n) is 3.25. The molecular formula is C15H22N4O2S. The summed E-state index contributed by atoms with van der Waals surface area (Å²) in [6.45, 7) is 5.97. The second-order valence-electron chi connectivity index (χ2n) is 5.26. The predicted octanol–water partition coefficient (Wildman–Crippen LogP) is 2.08. The predicted molar refractivity (Wildman–Crippen MR) is 88.8 cm³/mol. The van der Waals surface area contributed by atoms with E-state index in [1.807, 2.05) is 27.9 Å². The van der Waals surface area contributed by atoms with Crippen molar-refractivity contribution in [3.63, 3.8) is 0 Å². The summed E-state index contributed by atoms with van der Waals surface area (Å²) in [7, 11) is 4.04. The van der Waals surface area contributed by atoms with Crippen molar-refractivity contribution in [3.8, 4) is 5.88 Å². The molecule has 22 heavy (non-hydrogen) atoms. The van der Waals surface area contributed by atoms with E-state index in [0.29, 0.717) is 23.9 Å². The summed E-state index contributed by atoms with van der Waals surface area (Å²) in [4.78, 5) is 24.3. The van der Waals surface area contributed by atoms with Gasteiger partial charge in [0.05, 0.1) is 16.9 Å². The first-order chi connectivity index (χ1) is 10.5. The van der Waals surface area contributed by atoms with Gasteiger partial charge in [0.1, 0.15) is 11.2 Å². The van der Waals surface area contributed by atoms with E-state index in [4.69, 9.17) is 4.74 Å². The summed E-state index contributed by atoms with van der Waals surface area (Å²) in [6.07, 6.45) is 2.40. The Morgan fingerprint density at radius 3 is 2.86 bits per heavy atom. The van der Waals surface area contributed by atoms with Crippen molar-refractivity contribution in [2.24, 2.45) is 0 Å². The Kier molecular flexibility index (Phi) is 5.68. The van der Waals surface area contributed by atoms with E-state index < -0.39 is 0 Å². The summed E-state index contributed by atoms with van der Waals surface area (Å²) >= 11 is 1.38. The van der Waals surface area contributed by atoms with Gasteiger partial charge in [-0.2, -0.15) is 0 Å². The number of carbonyl (C=O) groups excluding carboxylic acids is 1. The molecule has 0 saturated heterocycles. The molecular weight excluding hydrogens is 300 g/mol. The Bertz CT molecular complexity index is 654. The van der Waals surface area contributed by atoms with Crippen LogP contribution >= 0.6 is 11.3 Å². The third-order valence-corrected chi connectivity index (χ3v) is 4.45. The van der Waals surface area contributed by atoms with Crippen LogP contribution in [0.2, 0.25) is 0 Å². The molecule has 0 aliphatic rings. The molecule has 2 rings (SSSR count). The van der Waals surface area contributed by atoms with Crippen molar-refractivity contribution in [1.29, 1.82) is 0 Å². The fraction of sp³-hybridized carbons (Fsp3) is 0.533. The van der Waals surface area contributed by atoms with Gasteiger partial charge in [0.15, 0.2) is 0 Å². The van der Waals surface area contributed by atoms with E-state index in [1.54, 1.807) is 0 Å². The van der Waals surface area contributed by atoms with E-state index in [-0.39, 0.29) is 5.91 Å². The number of nitrogens with zero attached hydrogens (tertiary/aromatic N) is 3. The minimum atomic E-state index is -0.0540. The van der Waals surface area contributed by atoms with Crippen LogP contribution in [0.1, 0.15) is 28.6 Å². The van der Waals surface area contributed by atoms with Crippen LogP contribution < -0.4 is 10.1 Å². The number of thiophene rings is 1. The van der Waals surface area contributed by atoms with Crippen LogP contribution in [-0.4, -0.2) is 54.6 Å². The highest BCUT2D eigenvalue weighted by atomic mass is 32.1. The average molecular weight is 322 g/mol. The smallest absolute Gasteiger partial charge is 0.261 e. The third kappa shape index (κ3) is 3.72.